The smallest absolute Gasteiger partial charge is 0.0110 e. The van der Waals surface area contributed by atoms with Crippen molar-refractivity contribution in [2.75, 3.05) is 0 Å². The van der Waals surface area contributed by atoms with Gasteiger partial charge in [0, 0.05) is 27.5 Å². The van der Waals surface area contributed by atoms with Crippen LogP contribution in [0.15, 0.2) is 0 Å². The number of hydrogen-bond donors (Lipinski definition) is 0. The van der Waals surface area contributed by atoms with E-state index in [-0.39, 0.29) is 0 Å². The summed E-state index contributed by atoms with van der Waals surface area (Å²) in [6.07, 6.45) is 42.1. The Balaban J connectivity index is 2.34. The average molecular weight is 1390 g/mol. The Hall–Kier alpha value is 5.11. The average Bonchev–Trinajstić information content (AvgIpc) is 2.99. The molecular weight excluding hydrogens is 1320 g/mol. The van der Waals surface area contributed by atoms with Crippen molar-refractivity contribution < 1.29 is 0 Å². The van der Waals surface area contributed by atoms with Crippen LogP contribution in [-0.4, -0.2) is 27.5 Å². The van der Waals surface area contributed by atoms with E-state index >= 15 is 0 Å². The zero-order valence-electron chi connectivity index (χ0n) is 27.2. The van der Waals surface area contributed by atoms with E-state index in [2.05, 4.69) is 158 Å². The SMILES string of the molecule is IC1CCCCCCCCCCCC(I)CCC(I)CCC(I)CCC(I)CCC(I)CCC(I)CCCCCCCC1. The summed E-state index contributed by atoms with van der Waals surface area (Å²) in [7, 11) is 0. The van der Waals surface area contributed by atoms with Crippen LogP contribution in [0.3, 0.4) is 0 Å². The van der Waals surface area contributed by atoms with Crippen molar-refractivity contribution in [2.24, 2.45) is 0 Å². The quantitative estimate of drug-likeness (QED) is 0.168. The molecule has 43 heavy (non-hydrogen) atoms. The summed E-state index contributed by atoms with van der Waals surface area (Å²) in [6.45, 7) is 0. The Labute approximate surface area is 365 Å². The Morgan fingerprint density at radius 1 is 0.163 bits per heavy atom. The van der Waals surface area contributed by atoms with Crippen molar-refractivity contribution >= 4 is 158 Å². The maximum atomic E-state index is 2.76. The van der Waals surface area contributed by atoms with E-state index in [9.17, 15) is 0 Å². The summed E-state index contributed by atoms with van der Waals surface area (Å²) in [5.74, 6) is 0. The number of hydrogen-bond acceptors (Lipinski definition) is 0. The highest BCUT2D eigenvalue weighted by molar-refractivity contribution is 14.1. The lowest BCUT2D eigenvalue weighted by Crippen LogP contribution is -2.10. The molecule has 0 heterocycles. The Morgan fingerprint density at radius 2 is 0.279 bits per heavy atom. The highest BCUT2D eigenvalue weighted by atomic mass is 127. The topological polar surface area (TPSA) is 0 Å². The molecule has 0 spiro atoms. The molecule has 1 aliphatic rings. The summed E-state index contributed by atoms with van der Waals surface area (Å²) in [4.78, 5) is 0. The van der Waals surface area contributed by atoms with Crippen LogP contribution < -0.4 is 0 Å². The lowest BCUT2D eigenvalue weighted by Gasteiger charge is -2.18. The third kappa shape index (κ3) is 31.6. The highest BCUT2D eigenvalue weighted by Gasteiger charge is 2.15. The van der Waals surface area contributed by atoms with Crippen LogP contribution in [-0.2, 0) is 0 Å². The fourth-order valence-corrected chi connectivity index (χ4v) is 11.6. The molecule has 0 N–H and O–H groups in total. The molecular formula is C36H65I7. The minimum atomic E-state index is 0.872. The summed E-state index contributed by atoms with van der Waals surface area (Å²) in [5, 5.41) is 0. The maximum absolute atomic E-state index is 2.76. The van der Waals surface area contributed by atoms with Crippen LogP contribution in [0, 0.1) is 0 Å². The summed E-state index contributed by atoms with van der Waals surface area (Å²) in [5.41, 5.74) is 0. The van der Waals surface area contributed by atoms with E-state index in [1.54, 1.807) is 0 Å². The van der Waals surface area contributed by atoms with Gasteiger partial charge in [0.25, 0.3) is 0 Å². The van der Waals surface area contributed by atoms with Gasteiger partial charge in [-0.25, -0.2) is 0 Å². The molecule has 7 unspecified atom stereocenters. The zero-order chi connectivity index (χ0) is 31.5. The molecule has 1 rings (SSSR count). The molecule has 0 aromatic heterocycles. The number of alkyl halides is 7. The maximum Gasteiger partial charge on any atom is 0.0110 e. The predicted molar refractivity (Wildman–Crippen MR) is 259 cm³/mol. The van der Waals surface area contributed by atoms with Gasteiger partial charge in [-0.05, 0) is 89.9 Å². The van der Waals surface area contributed by atoms with E-state index in [4.69, 9.17) is 0 Å². The summed E-state index contributed by atoms with van der Waals surface area (Å²) < 4.78 is 6.21. The van der Waals surface area contributed by atoms with Crippen molar-refractivity contribution in [3.63, 3.8) is 0 Å². The van der Waals surface area contributed by atoms with Gasteiger partial charge in [0.05, 0.1) is 0 Å². The number of halogens is 7. The van der Waals surface area contributed by atoms with E-state index < -0.39 is 0 Å². The van der Waals surface area contributed by atoms with Gasteiger partial charge in [0.2, 0.25) is 0 Å². The molecule has 0 radical (unpaired) electrons. The third-order valence-electron chi connectivity index (χ3n) is 9.29. The lowest BCUT2D eigenvalue weighted by molar-refractivity contribution is 0.524. The van der Waals surface area contributed by atoms with Gasteiger partial charge in [-0.1, -0.05) is 254 Å². The second-order valence-corrected chi connectivity index (χ2v) is 25.9. The molecule has 0 aliphatic heterocycles. The second kappa shape index (κ2) is 33.0. The van der Waals surface area contributed by atoms with Crippen LogP contribution in [0.1, 0.15) is 186 Å². The van der Waals surface area contributed by atoms with Crippen molar-refractivity contribution in [3.8, 4) is 0 Å². The molecule has 258 valence electrons. The molecule has 0 aromatic carbocycles. The standard InChI is InChI=1S/C36H65I7/c37-30-16-12-8-4-2-1-3-5-9-14-18-31(38)20-22-33(40)24-26-35(42)28-29-36(43)27-25-34(41)23-21-32(39)19-15-11-7-6-10-13-17-30/h30-36H,1-29H2. The van der Waals surface area contributed by atoms with Gasteiger partial charge in [-0.15, -0.1) is 0 Å². The predicted octanol–water partition coefficient (Wildman–Crippen LogP) is 16.9. The zero-order valence-corrected chi connectivity index (χ0v) is 42.3. The van der Waals surface area contributed by atoms with Crippen molar-refractivity contribution in [2.45, 2.75) is 214 Å². The van der Waals surface area contributed by atoms with E-state index in [0.717, 1.165) is 27.5 Å². The first-order valence-corrected chi connectivity index (χ1v) is 27.0. The van der Waals surface area contributed by atoms with Gasteiger partial charge in [0.15, 0.2) is 0 Å². The first-order chi connectivity index (χ1) is 20.8. The lowest BCUT2D eigenvalue weighted by atomic mass is 10.0. The van der Waals surface area contributed by atoms with Crippen LogP contribution in [0.5, 0.6) is 0 Å². The molecule has 0 bridgehead atoms. The minimum absolute atomic E-state index is 0.872. The van der Waals surface area contributed by atoms with Gasteiger partial charge in [-0.3, -0.25) is 0 Å². The normalized spacial score (nSPS) is 34.3. The molecule has 0 saturated heterocycles. The summed E-state index contributed by atoms with van der Waals surface area (Å²) in [6, 6.07) is 0. The monoisotopic (exact) mass is 1390 g/mol. The molecule has 0 aromatic rings. The van der Waals surface area contributed by atoms with Crippen LogP contribution >= 0.6 is 158 Å². The molecule has 0 nitrogen and oxygen atoms in total. The fourth-order valence-electron chi connectivity index (χ4n) is 6.23. The largest absolute Gasteiger partial charge is 0.0826 e. The van der Waals surface area contributed by atoms with Gasteiger partial charge < -0.3 is 0 Å². The molecule has 1 saturated carbocycles. The molecule has 1 aliphatic carbocycles. The Bertz CT molecular complexity index is 592. The van der Waals surface area contributed by atoms with E-state index in [0.29, 0.717) is 0 Å². The van der Waals surface area contributed by atoms with E-state index in [1.165, 1.54) is 186 Å². The second-order valence-electron chi connectivity index (χ2n) is 13.5. The van der Waals surface area contributed by atoms with Gasteiger partial charge in [-0.2, -0.15) is 0 Å². The number of rotatable bonds is 0. The van der Waals surface area contributed by atoms with E-state index in [1.807, 2.05) is 0 Å². The Kier molecular flexibility index (Phi) is 35.4. The minimum Gasteiger partial charge on any atom is -0.0826 e. The van der Waals surface area contributed by atoms with Crippen molar-refractivity contribution in [3.05, 3.63) is 0 Å². The first-order valence-electron chi connectivity index (χ1n) is 18.2. The fraction of sp³-hybridized carbons (Fsp3) is 1.00. The molecule has 0 amide bonds. The Morgan fingerprint density at radius 3 is 0.465 bits per heavy atom. The van der Waals surface area contributed by atoms with Crippen molar-refractivity contribution in [1.82, 2.24) is 0 Å². The summed E-state index contributed by atoms with van der Waals surface area (Å²) >= 11 is 19.3. The third-order valence-corrected chi connectivity index (χ3v) is 18.0. The first kappa shape index (κ1) is 46.1. The van der Waals surface area contributed by atoms with Crippen LogP contribution in [0.4, 0.5) is 0 Å². The molecule has 1 fully saturated rings. The van der Waals surface area contributed by atoms with Crippen LogP contribution in [0.25, 0.3) is 0 Å². The van der Waals surface area contributed by atoms with Crippen molar-refractivity contribution in [1.29, 1.82) is 0 Å². The van der Waals surface area contributed by atoms with Gasteiger partial charge >= 0.3 is 0 Å². The van der Waals surface area contributed by atoms with Gasteiger partial charge in [0.1, 0.15) is 0 Å². The van der Waals surface area contributed by atoms with Crippen LogP contribution in [0.2, 0.25) is 0 Å². The molecule has 7 atom stereocenters. The molecule has 7 heteroatoms. The highest BCUT2D eigenvalue weighted by Crippen LogP contribution is 2.29.